The van der Waals surface area contributed by atoms with Gasteiger partial charge in [-0.15, -0.1) is 0 Å². The molecular formula is C16H34N2. The van der Waals surface area contributed by atoms with Gasteiger partial charge in [-0.1, -0.05) is 46.0 Å². The van der Waals surface area contributed by atoms with E-state index in [1.54, 1.807) is 0 Å². The van der Waals surface area contributed by atoms with Crippen LogP contribution in [-0.4, -0.2) is 36.6 Å². The van der Waals surface area contributed by atoms with Gasteiger partial charge in [-0.05, 0) is 39.3 Å². The number of rotatable bonds is 9. The lowest BCUT2D eigenvalue weighted by atomic mass is 10.0. The second-order valence-corrected chi connectivity index (χ2v) is 5.88. The molecule has 1 heterocycles. The van der Waals surface area contributed by atoms with Crippen LogP contribution in [0, 0.1) is 0 Å². The normalized spacial score (nSPS) is 22.3. The van der Waals surface area contributed by atoms with Crippen molar-refractivity contribution in [1.82, 2.24) is 10.2 Å². The zero-order chi connectivity index (χ0) is 13.2. The largest absolute Gasteiger partial charge is 0.315 e. The Kier molecular flexibility index (Phi) is 8.70. The van der Waals surface area contributed by atoms with Crippen LogP contribution in [0.3, 0.4) is 0 Å². The molecule has 2 unspecified atom stereocenters. The molecule has 1 N–H and O–H groups in total. The summed E-state index contributed by atoms with van der Waals surface area (Å²) in [4.78, 5) is 2.73. The van der Waals surface area contributed by atoms with Crippen LogP contribution < -0.4 is 5.32 Å². The van der Waals surface area contributed by atoms with Crippen LogP contribution in [0.1, 0.15) is 72.1 Å². The first-order chi connectivity index (χ1) is 8.79. The van der Waals surface area contributed by atoms with E-state index in [0.29, 0.717) is 0 Å². The molecule has 0 spiro atoms. The van der Waals surface area contributed by atoms with Crippen molar-refractivity contribution in [3.63, 3.8) is 0 Å². The summed E-state index contributed by atoms with van der Waals surface area (Å²) in [5.74, 6) is 0. The molecule has 2 nitrogen and oxygen atoms in total. The van der Waals surface area contributed by atoms with E-state index in [1.807, 2.05) is 0 Å². The van der Waals surface area contributed by atoms with E-state index in [1.165, 1.54) is 71.0 Å². The lowest BCUT2D eigenvalue weighted by Crippen LogP contribution is -2.49. The molecule has 0 aromatic heterocycles. The molecule has 1 fully saturated rings. The summed E-state index contributed by atoms with van der Waals surface area (Å²) < 4.78 is 0. The van der Waals surface area contributed by atoms with Crippen molar-refractivity contribution in [2.24, 2.45) is 0 Å². The molecule has 0 aliphatic carbocycles. The van der Waals surface area contributed by atoms with Gasteiger partial charge in [0.15, 0.2) is 0 Å². The maximum atomic E-state index is 3.55. The molecular weight excluding hydrogens is 220 g/mol. The Labute approximate surface area is 115 Å². The van der Waals surface area contributed by atoms with Crippen LogP contribution >= 0.6 is 0 Å². The van der Waals surface area contributed by atoms with Gasteiger partial charge in [-0.25, -0.2) is 0 Å². The Morgan fingerprint density at radius 3 is 2.56 bits per heavy atom. The zero-order valence-electron chi connectivity index (χ0n) is 12.9. The molecule has 2 heteroatoms. The first kappa shape index (κ1) is 16.0. The predicted molar refractivity (Wildman–Crippen MR) is 81.1 cm³/mol. The first-order valence-electron chi connectivity index (χ1n) is 8.26. The van der Waals surface area contributed by atoms with Crippen molar-refractivity contribution in [1.29, 1.82) is 0 Å². The number of nitrogens with one attached hydrogen (secondary N) is 1. The Bertz CT molecular complexity index is 188. The molecule has 0 aromatic carbocycles. The topological polar surface area (TPSA) is 15.3 Å². The second kappa shape index (κ2) is 9.80. The number of hydrogen-bond donors (Lipinski definition) is 1. The van der Waals surface area contributed by atoms with Gasteiger partial charge in [0, 0.05) is 18.6 Å². The third-order valence-electron chi connectivity index (χ3n) is 4.40. The van der Waals surface area contributed by atoms with Crippen molar-refractivity contribution in [2.75, 3.05) is 19.6 Å². The Hall–Kier alpha value is -0.0800. The number of likely N-dealkylation sites (N-methyl/N-ethyl adjacent to an activating group) is 1. The molecule has 18 heavy (non-hydrogen) atoms. The summed E-state index contributed by atoms with van der Waals surface area (Å²) in [6.07, 6.45) is 11.2. The van der Waals surface area contributed by atoms with Crippen LogP contribution in [0.2, 0.25) is 0 Å². The van der Waals surface area contributed by atoms with E-state index < -0.39 is 0 Å². The first-order valence-corrected chi connectivity index (χ1v) is 8.26. The minimum atomic E-state index is 0.765. The lowest BCUT2D eigenvalue weighted by molar-refractivity contribution is 0.120. The molecule has 0 radical (unpaired) electrons. The van der Waals surface area contributed by atoms with Gasteiger partial charge in [0.05, 0.1) is 0 Å². The highest BCUT2D eigenvalue weighted by atomic mass is 15.2. The fraction of sp³-hybridized carbons (Fsp3) is 1.00. The standard InChI is InChI=1S/C16H34N2/c1-4-6-7-8-9-11-15(3)18(5-2)16-12-10-13-17-14-16/h15-17H,4-14H2,1-3H3. The van der Waals surface area contributed by atoms with Gasteiger partial charge in [0.25, 0.3) is 0 Å². The van der Waals surface area contributed by atoms with E-state index in [4.69, 9.17) is 0 Å². The fourth-order valence-electron chi connectivity index (χ4n) is 3.26. The number of unbranched alkanes of at least 4 members (excludes halogenated alkanes) is 4. The van der Waals surface area contributed by atoms with Gasteiger partial charge >= 0.3 is 0 Å². The van der Waals surface area contributed by atoms with E-state index in [9.17, 15) is 0 Å². The average Bonchev–Trinajstić information content (AvgIpc) is 2.40. The summed E-state index contributed by atoms with van der Waals surface area (Å²) in [7, 11) is 0. The fourth-order valence-corrected chi connectivity index (χ4v) is 3.26. The smallest absolute Gasteiger partial charge is 0.0223 e. The quantitative estimate of drug-likeness (QED) is 0.629. The monoisotopic (exact) mass is 254 g/mol. The third-order valence-corrected chi connectivity index (χ3v) is 4.40. The van der Waals surface area contributed by atoms with Crippen molar-refractivity contribution >= 4 is 0 Å². The molecule has 1 rings (SSSR count). The van der Waals surface area contributed by atoms with E-state index in [-0.39, 0.29) is 0 Å². The maximum absolute atomic E-state index is 3.55. The number of hydrogen-bond acceptors (Lipinski definition) is 2. The predicted octanol–water partition coefficient (Wildman–Crippen LogP) is 3.81. The Morgan fingerprint density at radius 1 is 1.17 bits per heavy atom. The third kappa shape index (κ3) is 5.71. The highest BCUT2D eigenvalue weighted by molar-refractivity contribution is 4.81. The molecule has 0 saturated carbocycles. The van der Waals surface area contributed by atoms with Gasteiger partial charge in [-0.3, -0.25) is 4.90 Å². The Morgan fingerprint density at radius 2 is 1.94 bits per heavy atom. The van der Waals surface area contributed by atoms with E-state index in [2.05, 4.69) is 31.0 Å². The van der Waals surface area contributed by atoms with E-state index in [0.717, 1.165) is 12.1 Å². The minimum Gasteiger partial charge on any atom is -0.315 e. The summed E-state index contributed by atoms with van der Waals surface area (Å²) in [6, 6.07) is 1.55. The van der Waals surface area contributed by atoms with Crippen molar-refractivity contribution in [3.05, 3.63) is 0 Å². The van der Waals surface area contributed by atoms with Crippen LogP contribution in [0.25, 0.3) is 0 Å². The van der Waals surface area contributed by atoms with Gasteiger partial charge in [0.1, 0.15) is 0 Å². The summed E-state index contributed by atoms with van der Waals surface area (Å²) in [5.41, 5.74) is 0. The molecule has 0 aromatic rings. The highest BCUT2D eigenvalue weighted by Gasteiger charge is 2.23. The zero-order valence-corrected chi connectivity index (χ0v) is 12.9. The molecule has 1 aliphatic rings. The summed E-state index contributed by atoms with van der Waals surface area (Å²) in [5, 5.41) is 3.55. The average molecular weight is 254 g/mol. The van der Waals surface area contributed by atoms with Crippen LogP contribution in [0.15, 0.2) is 0 Å². The highest BCUT2D eigenvalue weighted by Crippen LogP contribution is 2.17. The van der Waals surface area contributed by atoms with E-state index >= 15 is 0 Å². The van der Waals surface area contributed by atoms with Crippen molar-refractivity contribution in [3.8, 4) is 0 Å². The number of piperidine rings is 1. The molecule has 1 aliphatic heterocycles. The van der Waals surface area contributed by atoms with Crippen molar-refractivity contribution in [2.45, 2.75) is 84.2 Å². The summed E-state index contributed by atoms with van der Waals surface area (Å²) in [6.45, 7) is 10.7. The van der Waals surface area contributed by atoms with Gasteiger partial charge in [0.2, 0.25) is 0 Å². The van der Waals surface area contributed by atoms with Crippen LogP contribution in [-0.2, 0) is 0 Å². The molecule has 0 amide bonds. The molecule has 108 valence electrons. The van der Waals surface area contributed by atoms with Gasteiger partial charge in [-0.2, -0.15) is 0 Å². The number of nitrogens with zero attached hydrogens (tertiary/aromatic N) is 1. The molecule has 2 atom stereocenters. The van der Waals surface area contributed by atoms with Gasteiger partial charge < -0.3 is 5.32 Å². The van der Waals surface area contributed by atoms with Crippen LogP contribution in [0.5, 0.6) is 0 Å². The SMILES string of the molecule is CCCCCCCC(C)N(CC)C1CCCNC1. The van der Waals surface area contributed by atoms with Crippen LogP contribution in [0.4, 0.5) is 0 Å². The molecule has 1 saturated heterocycles. The molecule has 0 bridgehead atoms. The second-order valence-electron chi connectivity index (χ2n) is 5.88. The minimum absolute atomic E-state index is 0.765. The summed E-state index contributed by atoms with van der Waals surface area (Å²) >= 11 is 0. The Balaban J connectivity index is 2.21. The maximum Gasteiger partial charge on any atom is 0.0223 e. The lowest BCUT2D eigenvalue weighted by Gasteiger charge is -2.38. The van der Waals surface area contributed by atoms with Crippen molar-refractivity contribution < 1.29 is 0 Å².